The molecule has 0 saturated carbocycles. The summed E-state index contributed by atoms with van der Waals surface area (Å²) < 4.78 is 11.9. The summed E-state index contributed by atoms with van der Waals surface area (Å²) in [6.45, 7) is 4.69. The van der Waals surface area contributed by atoms with E-state index in [2.05, 4.69) is 4.90 Å². The third kappa shape index (κ3) is 4.25. The number of anilines is 1. The van der Waals surface area contributed by atoms with E-state index in [-0.39, 0.29) is 12.5 Å². The number of aromatic nitrogens is 1. The smallest absolute Gasteiger partial charge is 0.419 e. The number of hydrogen-bond donors (Lipinski definition) is 0. The molecule has 156 valence electrons. The zero-order valence-electron chi connectivity index (χ0n) is 17.2. The molecule has 0 unspecified atom stereocenters. The number of amides is 1. The molecule has 0 spiro atoms. The summed E-state index contributed by atoms with van der Waals surface area (Å²) in [5.41, 5.74) is 3.05. The predicted molar refractivity (Wildman–Crippen MR) is 115 cm³/mol. The van der Waals surface area contributed by atoms with E-state index in [9.17, 15) is 9.59 Å². The van der Waals surface area contributed by atoms with Gasteiger partial charge in [0.05, 0.1) is 13.3 Å². The minimum absolute atomic E-state index is 0.0171. The first-order valence-corrected chi connectivity index (χ1v) is 9.97. The van der Waals surface area contributed by atoms with Gasteiger partial charge in [0.1, 0.15) is 12.3 Å². The number of benzene rings is 2. The lowest BCUT2D eigenvalue weighted by Crippen LogP contribution is -2.50. The maximum Gasteiger partial charge on any atom is 0.419 e. The standard InChI is InChI=1S/C23H25N3O4/c1-17-3-5-18(6-4-17)21-15-26(23(28)30-21)16-22(27)25-13-11-24(12-14-25)19-7-9-20(29-2)10-8-19/h3-10,15H,11-14,16H2,1-2H3. The van der Waals surface area contributed by atoms with Crippen molar-refractivity contribution in [3.8, 4) is 17.1 Å². The minimum atomic E-state index is -0.518. The topological polar surface area (TPSA) is 67.9 Å². The number of oxazole rings is 1. The summed E-state index contributed by atoms with van der Waals surface area (Å²) in [6.07, 6.45) is 1.61. The second-order valence-electron chi connectivity index (χ2n) is 7.42. The number of hydrogen-bond acceptors (Lipinski definition) is 5. The van der Waals surface area contributed by atoms with Crippen molar-refractivity contribution in [3.05, 3.63) is 70.8 Å². The molecule has 7 nitrogen and oxygen atoms in total. The lowest BCUT2D eigenvalue weighted by Gasteiger charge is -2.36. The number of methoxy groups -OCH3 is 1. The third-order valence-corrected chi connectivity index (χ3v) is 5.42. The van der Waals surface area contributed by atoms with Gasteiger partial charge in [0.25, 0.3) is 0 Å². The van der Waals surface area contributed by atoms with Crippen LogP contribution >= 0.6 is 0 Å². The van der Waals surface area contributed by atoms with E-state index in [0.29, 0.717) is 18.8 Å². The van der Waals surface area contributed by atoms with E-state index in [1.807, 2.05) is 55.5 Å². The number of piperazine rings is 1. The highest BCUT2D eigenvalue weighted by atomic mass is 16.5. The van der Waals surface area contributed by atoms with Crippen LogP contribution < -0.4 is 15.4 Å². The van der Waals surface area contributed by atoms with Gasteiger partial charge >= 0.3 is 5.76 Å². The fourth-order valence-corrected chi connectivity index (χ4v) is 3.59. The van der Waals surface area contributed by atoms with Gasteiger partial charge in [0.15, 0.2) is 5.76 Å². The van der Waals surface area contributed by atoms with E-state index < -0.39 is 5.76 Å². The number of rotatable bonds is 5. The maximum absolute atomic E-state index is 12.7. The largest absolute Gasteiger partial charge is 0.497 e. The van der Waals surface area contributed by atoms with E-state index in [1.54, 1.807) is 18.2 Å². The molecule has 1 saturated heterocycles. The SMILES string of the molecule is COc1ccc(N2CCN(C(=O)Cn3cc(-c4ccc(C)cc4)oc3=O)CC2)cc1. The van der Waals surface area contributed by atoms with Crippen molar-refractivity contribution in [2.75, 3.05) is 38.2 Å². The summed E-state index contributed by atoms with van der Waals surface area (Å²) in [4.78, 5) is 29.0. The van der Waals surface area contributed by atoms with Crippen molar-refractivity contribution in [1.29, 1.82) is 0 Å². The highest BCUT2D eigenvalue weighted by Crippen LogP contribution is 2.21. The molecule has 0 N–H and O–H groups in total. The lowest BCUT2D eigenvalue weighted by atomic mass is 10.1. The highest BCUT2D eigenvalue weighted by Gasteiger charge is 2.22. The number of ether oxygens (including phenoxy) is 1. The summed E-state index contributed by atoms with van der Waals surface area (Å²) in [6, 6.07) is 15.6. The van der Waals surface area contributed by atoms with Gasteiger partial charge in [-0.2, -0.15) is 0 Å². The van der Waals surface area contributed by atoms with Crippen LogP contribution in [0.25, 0.3) is 11.3 Å². The molecule has 30 heavy (non-hydrogen) atoms. The average Bonchev–Trinajstić information content (AvgIpc) is 3.14. The van der Waals surface area contributed by atoms with Gasteiger partial charge in [-0.1, -0.05) is 29.8 Å². The zero-order valence-corrected chi connectivity index (χ0v) is 17.2. The molecule has 3 aromatic rings. The predicted octanol–water partition coefficient (Wildman–Crippen LogP) is 2.77. The van der Waals surface area contributed by atoms with Crippen LogP contribution in [0.2, 0.25) is 0 Å². The molecule has 1 aromatic heterocycles. The van der Waals surface area contributed by atoms with Crippen LogP contribution in [0.15, 0.2) is 63.9 Å². The Labute approximate surface area is 175 Å². The molecule has 2 heterocycles. The van der Waals surface area contributed by atoms with E-state index >= 15 is 0 Å². The molecule has 0 aliphatic carbocycles. The van der Waals surface area contributed by atoms with Gasteiger partial charge in [-0.05, 0) is 31.2 Å². The van der Waals surface area contributed by atoms with Crippen molar-refractivity contribution in [2.24, 2.45) is 0 Å². The Morgan fingerprint density at radius 1 is 1.00 bits per heavy atom. The summed E-state index contributed by atoms with van der Waals surface area (Å²) in [5, 5.41) is 0. The van der Waals surface area contributed by atoms with Crippen LogP contribution in [0, 0.1) is 6.92 Å². The number of nitrogens with zero attached hydrogens (tertiary/aromatic N) is 3. The summed E-state index contributed by atoms with van der Waals surface area (Å²) in [7, 11) is 1.65. The molecular formula is C23H25N3O4. The van der Waals surface area contributed by atoms with Crippen molar-refractivity contribution < 1.29 is 13.9 Å². The first kappa shape index (κ1) is 19.8. The fraction of sp³-hybridized carbons (Fsp3) is 0.304. The van der Waals surface area contributed by atoms with E-state index in [1.165, 1.54) is 4.57 Å². The molecule has 2 aromatic carbocycles. The fourth-order valence-electron chi connectivity index (χ4n) is 3.59. The Morgan fingerprint density at radius 2 is 1.67 bits per heavy atom. The normalized spacial score (nSPS) is 14.1. The van der Waals surface area contributed by atoms with Crippen molar-refractivity contribution in [3.63, 3.8) is 0 Å². The Kier molecular flexibility index (Phi) is 5.61. The first-order valence-electron chi connectivity index (χ1n) is 9.97. The maximum atomic E-state index is 12.7. The van der Waals surface area contributed by atoms with Crippen LogP contribution in [-0.2, 0) is 11.3 Å². The number of aryl methyl sites for hydroxylation is 1. The van der Waals surface area contributed by atoms with Gasteiger partial charge < -0.3 is 19.0 Å². The molecular weight excluding hydrogens is 382 g/mol. The van der Waals surface area contributed by atoms with Gasteiger partial charge in [0, 0.05) is 37.4 Å². The van der Waals surface area contributed by atoms with Crippen molar-refractivity contribution >= 4 is 11.6 Å². The Hall–Kier alpha value is -3.48. The summed E-state index contributed by atoms with van der Waals surface area (Å²) >= 11 is 0. The Morgan fingerprint density at radius 3 is 2.30 bits per heavy atom. The minimum Gasteiger partial charge on any atom is -0.497 e. The van der Waals surface area contributed by atoms with Crippen LogP contribution in [0.4, 0.5) is 5.69 Å². The van der Waals surface area contributed by atoms with Crippen molar-refractivity contribution in [2.45, 2.75) is 13.5 Å². The molecule has 1 aliphatic rings. The average molecular weight is 407 g/mol. The molecule has 7 heteroatoms. The molecule has 1 fully saturated rings. The first-order chi connectivity index (χ1) is 14.5. The lowest BCUT2D eigenvalue weighted by molar-refractivity contribution is -0.132. The number of carbonyl (C=O) groups excluding carboxylic acids is 1. The second kappa shape index (κ2) is 8.49. The quantitative estimate of drug-likeness (QED) is 0.651. The molecule has 0 radical (unpaired) electrons. The van der Waals surface area contributed by atoms with Gasteiger partial charge in [0.2, 0.25) is 5.91 Å². The molecule has 1 aliphatic heterocycles. The van der Waals surface area contributed by atoms with Crippen LogP contribution in [-0.4, -0.2) is 48.7 Å². The molecule has 4 rings (SSSR count). The highest BCUT2D eigenvalue weighted by molar-refractivity contribution is 5.76. The van der Waals surface area contributed by atoms with Crippen LogP contribution in [0.3, 0.4) is 0 Å². The van der Waals surface area contributed by atoms with Crippen molar-refractivity contribution in [1.82, 2.24) is 9.47 Å². The summed E-state index contributed by atoms with van der Waals surface area (Å²) in [5.74, 6) is 0.693. The number of carbonyl (C=O) groups is 1. The second-order valence-corrected chi connectivity index (χ2v) is 7.42. The monoisotopic (exact) mass is 407 g/mol. The Balaban J connectivity index is 1.37. The Bertz CT molecular complexity index is 1060. The van der Waals surface area contributed by atoms with E-state index in [0.717, 1.165) is 35.7 Å². The molecule has 0 atom stereocenters. The van der Waals surface area contributed by atoms with E-state index in [4.69, 9.17) is 9.15 Å². The molecule has 1 amide bonds. The van der Waals surface area contributed by atoms with Gasteiger partial charge in [-0.15, -0.1) is 0 Å². The third-order valence-electron chi connectivity index (χ3n) is 5.42. The zero-order chi connectivity index (χ0) is 21.1. The van der Waals surface area contributed by atoms with Crippen LogP contribution in [0.1, 0.15) is 5.56 Å². The van der Waals surface area contributed by atoms with Gasteiger partial charge in [-0.3, -0.25) is 9.36 Å². The van der Waals surface area contributed by atoms with Crippen LogP contribution in [0.5, 0.6) is 5.75 Å². The van der Waals surface area contributed by atoms with Gasteiger partial charge in [-0.25, -0.2) is 4.79 Å². The molecule has 0 bridgehead atoms.